The molecule has 0 N–H and O–H groups in total. The lowest BCUT2D eigenvalue weighted by Crippen LogP contribution is -1.94. The zero-order chi connectivity index (χ0) is 18.0. The van der Waals surface area contributed by atoms with E-state index in [0.717, 1.165) is 0 Å². The number of hydrogen-bond acceptors (Lipinski definition) is 0. The molecule has 0 nitrogen and oxygen atoms in total. The standard InChI is InChI=1S/C25H44/c1-3-5-6-7-8-9-10-11-12-13-14-15-16-17-21-25-23-19-18-22-24(25)20-4-2/h18-19,22-23H,3-17,20-21H2,1-2H3. The van der Waals surface area contributed by atoms with Crippen LogP contribution in [0.2, 0.25) is 0 Å². The SMILES string of the molecule is CCCCCCCCCCCCCCCCc1ccccc1CCC. The van der Waals surface area contributed by atoms with Crippen molar-refractivity contribution in [3.05, 3.63) is 35.4 Å². The summed E-state index contributed by atoms with van der Waals surface area (Å²) in [6, 6.07) is 9.06. The fourth-order valence-electron chi connectivity index (χ4n) is 3.82. The van der Waals surface area contributed by atoms with Gasteiger partial charge in [-0.2, -0.15) is 0 Å². The smallest absolute Gasteiger partial charge is 0.0276 e. The van der Waals surface area contributed by atoms with Crippen LogP contribution in [0.4, 0.5) is 0 Å². The molecule has 1 aromatic carbocycles. The Balaban J connectivity index is 1.88. The molecule has 1 aromatic rings. The van der Waals surface area contributed by atoms with Crippen molar-refractivity contribution in [3.63, 3.8) is 0 Å². The van der Waals surface area contributed by atoms with Gasteiger partial charge in [-0.15, -0.1) is 0 Å². The Morgan fingerprint density at radius 2 is 0.840 bits per heavy atom. The van der Waals surface area contributed by atoms with E-state index < -0.39 is 0 Å². The molecule has 0 spiro atoms. The monoisotopic (exact) mass is 344 g/mol. The van der Waals surface area contributed by atoms with Crippen molar-refractivity contribution in [2.45, 2.75) is 123 Å². The average Bonchev–Trinajstić information content (AvgIpc) is 2.63. The second-order valence-corrected chi connectivity index (χ2v) is 7.86. The van der Waals surface area contributed by atoms with Gasteiger partial charge >= 0.3 is 0 Å². The maximum Gasteiger partial charge on any atom is -0.0276 e. The topological polar surface area (TPSA) is 0 Å². The van der Waals surface area contributed by atoms with Gasteiger partial charge in [-0.05, 0) is 30.4 Å². The van der Waals surface area contributed by atoms with E-state index in [4.69, 9.17) is 0 Å². The summed E-state index contributed by atoms with van der Waals surface area (Å²) in [5.41, 5.74) is 3.18. The molecular weight excluding hydrogens is 300 g/mol. The van der Waals surface area contributed by atoms with Crippen molar-refractivity contribution >= 4 is 0 Å². The molecule has 0 heteroatoms. The molecule has 0 fully saturated rings. The van der Waals surface area contributed by atoms with Crippen LogP contribution in [-0.4, -0.2) is 0 Å². The summed E-state index contributed by atoms with van der Waals surface area (Å²) < 4.78 is 0. The molecule has 25 heavy (non-hydrogen) atoms. The average molecular weight is 345 g/mol. The minimum atomic E-state index is 1.24. The van der Waals surface area contributed by atoms with Gasteiger partial charge in [0.1, 0.15) is 0 Å². The Hall–Kier alpha value is -0.780. The zero-order valence-corrected chi connectivity index (χ0v) is 17.3. The summed E-state index contributed by atoms with van der Waals surface area (Å²) in [7, 11) is 0. The highest BCUT2D eigenvalue weighted by atomic mass is 14.1. The Morgan fingerprint density at radius 1 is 0.440 bits per heavy atom. The third-order valence-electron chi connectivity index (χ3n) is 5.44. The van der Waals surface area contributed by atoms with Crippen molar-refractivity contribution in [2.75, 3.05) is 0 Å². The summed E-state index contributed by atoms with van der Waals surface area (Å²) in [5, 5.41) is 0. The van der Waals surface area contributed by atoms with Crippen molar-refractivity contribution in [2.24, 2.45) is 0 Å². The quantitative estimate of drug-likeness (QED) is 0.248. The van der Waals surface area contributed by atoms with E-state index >= 15 is 0 Å². The molecule has 0 atom stereocenters. The summed E-state index contributed by atoms with van der Waals surface area (Å²) >= 11 is 0. The number of benzene rings is 1. The first-order chi connectivity index (χ1) is 12.4. The first-order valence-electron chi connectivity index (χ1n) is 11.4. The number of rotatable bonds is 17. The highest BCUT2D eigenvalue weighted by Gasteiger charge is 2.00. The van der Waals surface area contributed by atoms with E-state index in [1.54, 1.807) is 11.1 Å². The fourth-order valence-corrected chi connectivity index (χ4v) is 3.82. The van der Waals surface area contributed by atoms with Gasteiger partial charge in [0.25, 0.3) is 0 Å². The van der Waals surface area contributed by atoms with Gasteiger partial charge in [-0.25, -0.2) is 0 Å². The molecule has 0 aliphatic rings. The van der Waals surface area contributed by atoms with Crippen molar-refractivity contribution in [1.29, 1.82) is 0 Å². The molecule has 0 aromatic heterocycles. The van der Waals surface area contributed by atoms with Crippen molar-refractivity contribution in [1.82, 2.24) is 0 Å². The van der Waals surface area contributed by atoms with Crippen LogP contribution in [-0.2, 0) is 12.8 Å². The van der Waals surface area contributed by atoms with Crippen molar-refractivity contribution in [3.8, 4) is 0 Å². The van der Waals surface area contributed by atoms with Gasteiger partial charge in [-0.3, -0.25) is 0 Å². The minimum absolute atomic E-state index is 1.24. The molecule has 0 saturated carbocycles. The third-order valence-corrected chi connectivity index (χ3v) is 5.44. The van der Waals surface area contributed by atoms with Crippen LogP contribution < -0.4 is 0 Å². The summed E-state index contributed by atoms with van der Waals surface area (Å²) in [5.74, 6) is 0. The molecular formula is C25H44. The fraction of sp³-hybridized carbons (Fsp3) is 0.760. The molecule has 144 valence electrons. The summed E-state index contributed by atoms with van der Waals surface area (Å²) in [4.78, 5) is 0. The van der Waals surface area contributed by atoms with Gasteiger partial charge < -0.3 is 0 Å². The van der Waals surface area contributed by atoms with E-state index in [1.807, 2.05) is 0 Å². The number of aryl methyl sites for hydroxylation is 2. The predicted molar refractivity (Wildman–Crippen MR) is 114 cm³/mol. The van der Waals surface area contributed by atoms with Crippen LogP contribution in [0.25, 0.3) is 0 Å². The molecule has 0 aliphatic carbocycles. The number of unbranched alkanes of at least 4 members (excludes halogenated alkanes) is 13. The van der Waals surface area contributed by atoms with E-state index in [9.17, 15) is 0 Å². The van der Waals surface area contributed by atoms with Gasteiger partial charge in [0.15, 0.2) is 0 Å². The summed E-state index contributed by atoms with van der Waals surface area (Å²) in [6.45, 7) is 4.58. The molecule has 0 unspecified atom stereocenters. The lowest BCUT2D eigenvalue weighted by Gasteiger charge is -2.08. The third kappa shape index (κ3) is 12.2. The van der Waals surface area contributed by atoms with Crippen molar-refractivity contribution < 1.29 is 0 Å². The van der Waals surface area contributed by atoms with Crippen LogP contribution >= 0.6 is 0 Å². The van der Waals surface area contributed by atoms with Crippen LogP contribution in [0, 0.1) is 0 Å². The second kappa shape index (κ2) is 16.7. The lowest BCUT2D eigenvalue weighted by molar-refractivity contribution is 0.535. The van der Waals surface area contributed by atoms with E-state index in [-0.39, 0.29) is 0 Å². The van der Waals surface area contributed by atoms with Crippen LogP contribution in [0.5, 0.6) is 0 Å². The highest BCUT2D eigenvalue weighted by molar-refractivity contribution is 5.27. The van der Waals surface area contributed by atoms with Gasteiger partial charge in [-0.1, -0.05) is 128 Å². The van der Waals surface area contributed by atoms with Gasteiger partial charge in [0.2, 0.25) is 0 Å². The van der Waals surface area contributed by atoms with Crippen LogP contribution in [0.1, 0.15) is 121 Å². The Kier molecular flexibility index (Phi) is 14.8. The molecule has 0 amide bonds. The zero-order valence-electron chi connectivity index (χ0n) is 17.3. The van der Waals surface area contributed by atoms with E-state index in [1.165, 1.54) is 109 Å². The maximum atomic E-state index is 2.34. The van der Waals surface area contributed by atoms with E-state index in [2.05, 4.69) is 38.1 Å². The minimum Gasteiger partial charge on any atom is -0.0654 e. The normalized spacial score (nSPS) is 11.1. The molecule has 0 aliphatic heterocycles. The van der Waals surface area contributed by atoms with Gasteiger partial charge in [0.05, 0.1) is 0 Å². The van der Waals surface area contributed by atoms with E-state index in [0.29, 0.717) is 0 Å². The molecule has 0 bridgehead atoms. The number of hydrogen-bond donors (Lipinski definition) is 0. The maximum absolute atomic E-state index is 2.34. The first kappa shape index (κ1) is 22.3. The largest absolute Gasteiger partial charge is 0.0654 e. The molecule has 0 radical (unpaired) electrons. The van der Waals surface area contributed by atoms with Crippen LogP contribution in [0.3, 0.4) is 0 Å². The second-order valence-electron chi connectivity index (χ2n) is 7.86. The Morgan fingerprint density at radius 3 is 1.28 bits per heavy atom. The Labute approximate surface area is 158 Å². The van der Waals surface area contributed by atoms with Crippen LogP contribution in [0.15, 0.2) is 24.3 Å². The Bertz CT molecular complexity index is 393. The summed E-state index contributed by atoms with van der Waals surface area (Å²) in [6.07, 6.45) is 24.0. The predicted octanol–water partition coefficient (Wildman–Crippen LogP) is 8.66. The lowest BCUT2D eigenvalue weighted by atomic mass is 9.98. The molecule has 0 saturated heterocycles. The first-order valence-corrected chi connectivity index (χ1v) is 11.4. The van der Waals surface area contributed by atoms with Gasteiger partial charge in [0, 0.05) is 0 Å². The molecule has 1 rings (SSSR count). The molecule has 0 heterocycles. The highest BCUT2D eigenvalue weighted by Crippen LogP contribution is 2.16.